The van der Waals surface area contributed by atoms with Gasteiger partial charge in [-0.05, 0) is 26.2 Å². The van der Waals surface area contributed by atoms with Crippen molar-refractivity contribution in [1.82, 2.24) is 4.90 Å². The van der Waals surface area contributed by atoms with Crippen LogP contribution in [-0.4, -0.2) is 44.1 Å². The molecule has 0 aliphatic heterocycles. The molecule has 0 N–H and O–H groups in total. The molecule has 0 saturated carbocycles. The maximum Gasteiger partial charge on any atom is 0.293 e. The fourth-order valence-corrected chi connectivity index (χ4v) is 1.53. The van der Waals surface area contributed by atoms with Gasteiger partial charge in [-0.25, -0.2) is 0 Å². The van der Waals surface area contributed by atoms with Crippen LogP contribution in [0.25, 0.3) is 0 Å². The quantitative estimate of drug-likeness (QED) is 0.582. The van der Waals surface area contributed by atoms with Gasteiger partial charge >= 0.3 is 0 Å². The highest BCUT2D eigenvalue weighted by Gasteiger charge is 2.17. The number of nitro groups is 1. The summed E-state index contributed by atoms with van der Waals surface area (Å²) in [6, 6.07) is 6.42. The number of rotatable bonds is 5. The summed E-state index contributed by atoms with van der Waals surface area (Å²) in [5, 5.41) is 19.7. The number of nitro benzene ring substituents is 1. The molecule has 6 nitrogen and oxygen atoms in total. The van der Waals surface area contributed by atoms with Crippen molar-refractivity contribution in [3.8, 4) is 6.07 Å². The van der Waals surface area contributed by atoms with E-state index in [2.05, 4.69) is 0 Å². The van der Waals surface area contributed by atoms with E-state index in [0.29, 0.717) is 17.8 Å². The highest BCUT2D eigenvalue weighted by atomic mass is 16.6. The second-order valence-electron chi connectivity index (χ2n) is 4.30. The van der Waals surface area contributed by atoms with Gasteiger partial charge in [0.25, 0.3) is 5.69 Å². The van der Waals surface area contributed by atoms with Gasteiger partial charge < -0.3 is 9.80 Å². The third-order valence-electron chi connectivity index (χ3n) is 2.60. The minimum Gasteiger partial charge on any atom is -0.368 e. The Morgan fingerprint density at radius 1 is 1.33 bits per heavy atom. The Morgan fingerprint density at radius 2 is 2.00 bits per heavy atom. The van der Waals surface area contributed by atoms with Gasteiger partial charge in [-0.15, -0.1) is 0 Å². The van der Waals surface area contributed by atoms with Crippen molar-refractivity contribution in [1.29, 1.82) is 5.26 Å². The number of hydrogen-bond donors (Lipinski definition) is 0. The topological polar surface area (TPSA) is 73.4 Å². The number of likely N-dealkylation sites (N-methyl/N-ethyl adjacent to an activating group) is 2. The molecule has 0 atom stereocenters. The molecular formula is C12H16N4O2. The summed E-state index contributed by atoms with van der Waals surface area (Å²) in [5.74, 6) is 0. The molecule has 0 amide bonds. The van der Waals surface area contributed by atoms with Crippen molar-refractivity contribution in [2.75, 3.05) is 39.1 Å². The third kappa shape index (κ3) is 3.43. The Bertz CT molecular complexity index is 479. The van der Waals surface area contributed by atoms with Crippen LogP contribution in [0.2, 0.25) is 0 Å². The Morgan fingerprint density at radius 3 is 2.50 bits per heavy atom. The molecule has 0 aromatic heterocycles. The fraction of sp³-hybridized carbons (Fsp3) is 0.417. The lowest BCUT2D eigenvalue weighted by Gasteiger charge is -2.21. The van der Waals surface area contributed by atoms with Crippen molar-refractivity contribution < 1.29 is 4.92 Å². The van der Waals surface area contributed by atoms with Crippen molar-refractivity contribution in [3.63, 3.8) is 0 Å². The molecule has 18 heavy (non-hydrogen) atoms. The van der Waals surface area contributed by atoms with Crippen LogP contribution in [0.3, 0.4) is 0 Å². The molecular weight excluding hydrogens is 232 g/mol. The van der Waals surface area contributed by atoms with E-state index in [9.17, 15) is 10.1 Å². The van der Waals surface area contributed by atoms with Gasteiger partial charge in [-0.1, -0.05) is 0 Å². The Kier molecular flexibility index (Phi) is 4.63. The lowest BCUT2D eigenvalue weighted by atomic mass is 10.1. The van der Waals surface area contributed by atoms with Crippen LogP contribution in [0, 0.1) is 21.4 Å². The first-order valence-electron chi connectivity index (χ1n) is 5.50. The van der Waals surface area contributed by atoms with E-state index in [1.54, 1.807) is 19.2 Å². The van der Waals surface area contributed by atoms with E-state index in [1.807, 2.05) is 30.0 Å². The van der Waals surface area contributed by atoms with Gasteiger partial charge in [-0.2, -0.15) is 5.26 Å². The summed E-state index contributed by atoms with van der Waals surface area (Å²) in [6.07, 6.45) is 0. The number of hydrogen-bond acceptors (Lipinski definition) is 5. The molecule has 0 radical (unpaired) electrons. The van der Waals surface area contributed by atoms with Crippen molar-refractivity contribution in [3.05, 3.63) is 33.9 Å². The summed E-state index contributed by atoms with van der Waals surface area (Å²) in [7, 11) is 5.69. The molecule has 1 aromatic rings. The zero-order valence-electron chi connectivity index (χ0n) is 10.8. The minimum atomic E-state index is -0.456. The molecule has 0 aliphatic rings. The molecule has 0 unspecified atom stereocenters. The first kappa shape index (κ1) is 13.9. The molecule has 96 valence electrons. The molecule has 0 fully saturated rings. The van der Waals surface area contributed by atoms with Gasteiger partial charge in [0.15, 0.2) is 0 Å². The Hall–Kier alpha value is -2.13. The largest absolute Gasteiger partial charge is 0.368 e. The van der Waals surface area contributed by atoms with Crippen LogP contribution in [0.5, 0.6) is 0 Å². The van der Waals surface area contributed by atoms with Crippen LogP contribution in [-0.2, 0) is 0 Å². The SMILES string of the molecule is CN(C)CCN(C)c1ccc(C#N)cc1[N+](=O)[O-]. The summed E-state index contributed by atoms with van der Waals surface area (Å²) >= 11 is 0. The molecule has 0 saturated heterocycles. The Balaban J connectivity index is 3.01. The molecule has 1 aromatic carbocycles. The lowest BCUT2D eigenvalue weighted by Crippen LogP contribution is -2.28. The predicted octanol–water partition coefficient (Wildman–Crippen LogP) is 1.46. The zero-order chi connectivity index (χ0) is 13.7. The highest BCUT2D eigenvalue weighted by Crippen LogP contribution is 2.28. The van der Waals surface area contributed by atoms with Crippen molar-refractivity contribution in [2.45, 2.75) is 0 Å². The van der Waals surface area contributed by atoms with Gasteiger partial charge in [0, 0.05) is 26.2 Å². The number of anilines is 1. The molecule has 0 heterocycles. The first-order valence-corrected chi connectivity index (χ1v) is 5.50. The summed E-state index contributed by atoms with van der Waals surface area (Å²) in [4.78, 5) is 14.4. The van der Waals surface area contributed by atoms with Gasteiger partial charge in [0.2, 0.25) is 0 Å². The highest BCUT2D eigenvalue weighted by molar-refractivity contribution is 5.65. The normalized spacial score (nSPS) is 10.2. The maximum atomic E-state index is 11.0. The van der Waals surface area contributed by atoms with Crippen LogP contribution < -0.4 is 4.90 Å². The van der Waals surface area contributed by atoms with Crippen LogP contribution in [0.15, 0.2) is 18.2 Å². The average Bonchev–Trinajstić information content (AvgIpc) is 2.34. The average molecular weight is 248 g/mol. The van der Waals surface area contributed by atoms with Crippen LogP contribution >= 0.6 is 0 Å². The van der Waals surface area contributed by atoms with Crippen molar-refractivity contribution in [2.24, 2.45) is 0 Å². The Labute approximate surface area is 106 Å². The standard InChI is InChI=1S/C12H16N4O2/c1-14(2)6-7-15(3)11-5-4-10(9-13)8-12(11)16(17)18/h4-5,8H,6-7H2,1-3H3. The smallest absolute Gasteiger partial charge is 0.293 e. The zero-order valence-corrected chi connectivity index (χ0v) is 10.8. The number of nitriles is 1. The van der Waals surface area contributed by atoms with Crippen LogP contribution in [0.4, 0.5) is 11.4 Å². The van der Waals surface area contributed by atoms with Gasteiger partial charge in [-0.3, -0.25) is 10.1 Å². The van der Waals surface area contributed by atoms with E-state index in [-0.39, 0.29) is 5.69 Å². The van der Waals surface area contributed by atoms with E-state index < -0.39 is 4.92 Å². The van der Waals surface area contributed by atoms with Crippen LogP contribution in [0.1, 0.15) is 5.56 Å². The van der Waals surface area contributed by atoms with Crippen molar-refractivity contribution >= 4 is 11.4 Å². The van der Waals surface area contributed by atoms with E-state index in [4.69, 9.17) is 5.26 Å². The molecule has 0 bridgehead atoms. The third-order valence-corrected chi connectivity index (χ3v) is 2.60. The number of nitrogens with zero attached hydrogens (tertiary/aromatic N) is 4. The maximum absolute atomic E-state index is 11.0. The summed E-state index contributed by atoms with van der Waals surface area (Å²) in [6.45, 7) is 1.48. The van der Waals surface area contributed by atoms with E-state index in [1.165, 1.54) is 6.07 Å². The lowest BCUT2D eigenvalue weighted by molar-refractivity contribution is -0.384. The predicted molar refractivity (Wildman–Crippen MR) is 69.6 cm³/mol. The molecule has 0 aliphatic carbocycles. The minimum absolute atomic E-state index is 0.0321. The first-order chi connectivity index (χ1) is 8.45. The summed E-state index contributed by atoms with van der Waals surface area (Å²) < 4.78 is 0. The fourth-order valence-electron chi connectivity index (χ4n) is 1.53. The molecule has 6 heteroatoms. The second-order valence-corrected chi connectivity index (χ2v) is 4.30. The second kappa shape index (κ2) is 5.98. The van der Waals surface area contributed by atoms with Gasteiger partial charge in [0.05, 0.1) is 16.6 Å². The number of benzene rings is 1. The van der Waals surface area contributed by atoms with E-state index >= 15 is 0 Å². The van der Waals surface area contributed by atoms with Gasteiger partial charge in [0.1, 0.15) is 5.69 Å². The van der Waals surface area contributed by atoms with E-state index in [0.717, 1.165) is 6.54 Å². The summed E-state index contributed by atoms with van der Waals surface area (Å²) in [5.41, 5.74) is 0.794. The molecule has 0 spiro atoms. The monoisotopic (exact) mass is 248 g/mol. The molecule has 1 rings (SSSR count).